The second kappa shape index (κ2) is 4.59. The van der Waals surface area contributed by atoms with Gasteiger partial charge in [0.05, 0.1) is 17.1 Å². The molecule has 3 nitrogen and oxygen atoms in total. The Morgan fingerprint density at radius 2 is 1.88 bits per heavy atom. The fraction of sp³-hybridized carbons (Fsp3) is 0.929. The molecule has 1 aliphatic heterocycles. The van der Waals surface area contributed by atoms with Crippen molar-refractivity contribution in [2.75, 3.05) is 13.2 Å². The van der Waals surface area contributed by atoms with E-state index in [1.54, 1.807) is 0 Å². The average molecular weight is 237 g/mol. The lowest BCUT2D eigenvalue weighted by Crippen LogP contribution is -2.56. The van der Waals surface area contributed by atoms with Gasteiger partial charge < -0.3 is 9.84 Å². The van der Waals surface area contributed by atoms with E-state index >= 15 is 0 Å². The van der Waals surface area contributed by atoms with Crippen LogP contribution in [0.3, 0.4) is 0 Å². The van der Waals surface area contributed by atoms with E-state index in [4.69, 9.17) is 4.74 Å². The van der Waals surface area contributed by atoms with Crippen molar-refractivity contribution in [3.63, 3.8) is 0 Å². The van der Waals surface area contributed by atoms with Crippen molar-refractivity contribution in [3.05, 3.63) is 0 Å². The van der Waals surface area contributed by atoms with E-state index in [1.165, 1.54) is 0 Å². The molecule has 1 saturated heterocycles. The monoisotopic (exact) mass is 237 g/mol. The van der Waals surface area contributed by atoms with E-state index in [1.807, 2.05) is 0 Å². The first-order valence-electron chi connectivity index (χ1n) is 6.75. The highest BCUT2D eigenvalue weighted by Crippen LogP contribution is 2.51. The van der Waals surface area contributed by atoms with Gasteiger partial charge in [-0.05, 0) is 43.9 Å². The molecule has 0 aromatic carbocycles. The summed E-state index contributed by atoms with van der Waals surface area (Å²) in [5.74, 6) is 0.879. The lowest BCUT2D eigenvalue weighted by Gasteiger charge is -2.51. The molecule has 1 aliphatic carbocycles. The molecule has 17 heavy (non-hydrogen) atoms. The average Bonchev–Trinajstić information content (AvgIpc) is 2.35. The van der Waals surface area contributed by atoms with E-state index in [0.717, 1.165) is 19.3 Å². The predicted octanol–water partition coefficient (Wildman–Crippen LogP) is 2.49. The van der Waals surface area contributed by atoms with Crippen molar-refractivity contribution in [3.8, 4) is 6.07 Å². The van der Waals surface area contributed by atoms with E-state index in [0.29, 0.717) is 32.0 Å². The van der Waals surface area contributed by atoms with Gasteiger partial charge in [-0.15, -0.1) is 0 Å². The Morgan fingerprint density at radius 1 is 1.24 bits per heavy atom. The number of nitriles is 1. The maximum Gasteiger partial charge on any atom is 0.0906 e. The van der Waals surface area contributed by atoms with Crippen LogP contribution in [0.25, 0.3) is 0 Å². The Kier molecular flexibility index (Phi) is 3.47. The molecule has 1 heterocycles. The molecule has 96 valence electrons. The maximum absolute atomic E-state index is 11.1. The Bertz CT molecular complexity index is 317. The summed E-state index contributed by atoms with van der Waals surface area (Å²) < 4.78 is 5.36. The van der Waals surface area contributed by atoms with E-state index < -0.39 is 11.0 Å². The molecule has 2 aliphatic rings. The minimum atomic E-state index is -0.807. The molecular weight excluding hydrogens is 214 g/mol. The summed E-state index contributed by atoms with van der Waals surface area (Å²) in [4.78, 5) is 0. The van der Waals surface area contributed by atoms with Gasteiger partial charge in [0.1, 0.15) is 0 Å². The molecule has 2 rings (SSSR count). The first kappa shape index (κ1) is 12.9. The van der Waals surface area contributed by atoms with Crippen LogP contribution in [0.4, 0.5) is 0 Å². The Hall–Kier alpha value is -0.590. The number of rotatable bonds is 1. The van der Waals surface area contributed by atoms with E-state index in [2.05, 4.69) is 19.9 Å². The molecule has 0 radical (unpaired) electrons. The van der Waals surface area contributed by atoms with Gasteiger partial charge in [0, 0.05) is 13.2 Å². The predicted molar refractivity (Wildman–Crippen MR) is 65.2 cm³/mol. The molecule has 0 amide bonds. The highest BCUT2D eigenvalue weighted by Gasteiger charge is 2.55. The van der Waals surface area contributed by atoms with Gasteiger partial charge in [0.15, 0.2) is 0 Å². The van der Waals surface area contributed by atoms with Crippen molar-refractivity contribution in [1.29, 1.82) is 5.26 Å². The van der Waals surface area contributed by atoms with Crippen LogP contribution in [0.15, 0.2) is 0 Å². The van der Waals surface area contributed by atoms with Gasteiger partial charge in [0.25, 0.3) is 0 Å². The zero-order chi connectivity index (χ0) is 12.5. The molecule has 0 aromatic rings. The third kappa shape index (κ3) is 1.98. The summed E-state index contributed by atoms with van der Waals surface area (Å²) in [5, 5.41) is 20.6. The molecule has 0 bridgehead atoms. The van der Waals surface area contributed by atoms with Crippen molar-refractivity contribution < 1.29 is 9.84 Å². The fourth-order valence-corrected chi connectivity index (χ4v) is 3.70. The topological polar surface area (TPSA) is 53.2 Å². The van der Waals surface area contributed by atoms with Crippen LogP contribution in [-0.2, 0) is 4.74 Å². The summed E-state index contributed by atoms with van der Waals surface area (Å²) in [6, 6.07) is 2.44. The standard InChI is InChI=1S/C14H23NO2/c1-11-3-4-14(16,12(2)9-11)13(10-15)5-7-17-8-6-13/h11-12,16H,3-9H2,1-2H3. The first-order chi connectivity index (χ1) is 8.04. The van der Waals surface area contributed by atoms with Crippen LogP contribution in [0.2, 0.25) is 0 Å². The summed E-state index contributed by atoms with van der Waals surface area (Å²) in [6.45, 7) is 5.56. The summed E-state index contributed by atoms with van der Waals surface area (Å²) >= 11 is 0. The summed E-state index contributed by atoms with van der Waals surface area (Å²) in [6.07, 6.45) is 4.19. The number of aliphatic hydroxyl groups is 1. The zero-order valence-corrected chi connectivity index (χ0v) is 10.9. The van der Waals surface area contributed by atoms with Crippen LogP contribution in [0.5, 0.6) is 0 Å². The van der Waals surface area contributed by atoms with Gasteiger partial charge in [-0.1, -0.05) is 13.8 Å². The lowest BCUT2D eigenvalue weighted by atomic mass is 9.57. The SMILES string of the molecule is CC1CCC(O)(C2(C#N)CCOCC2)C(C)C1. The van der Waals surface area contributed by atoms with Gasteiger partial charge in [0.2, 0.25) is 0 Å². The van der Waals surface area contributed by atoms with Crippen molar-refractivity contribution in [1.82, 2.24) is 0 Å². The van der Waals surface area contributed by atoms with Crippen LogP contribution < -0.4 is 0 Å². The minimum Gasteiger partial charge on any atom is -0.388 e. The normalized spacial score (nSPS) is 41.8. The second-order valence-electron chi connectivity index (χ2n) is 6.01. The van der Waals surface area contributed by atoms with Gasteiger partial charge in [-0.25, -0.2) is 0 Å². The lowest BCUT2D eigenvalue weighted by molar-refractivity contribution is -0.156. The summed E-state index contributed by atoms with van der Waals surface area (Å²) in [7, 11) is 0. The Labute approximate surface area is 104 Å². The highest BCUT2D eigenvalue weighted by atomic mass is 16.5. The van der Waals surface area contributed by atoms with E-state index in [-0.39, 0.29) is 5.92 Å². The molecule has 2 fully saturated rings. The quantitative estimate of drug-likeness (QED) is 0.762. The van der Waals surface area contributed by atoms with Gasteiger partial charge in [-0.2, -0.15) is 5.26 Å². The Morgan fingerprint density at radius 3 is 2.41 bits per heavy atom. The van der Waals surface area contributed by atoms with Gasteiger partial charge >= 0.3 is 0 Å². The molecule has 0 aromatic heterocycles. The van der Waals surface area contributed by atoms with Crippen LogP contribution in [0, 0.1) is 28.6 Å². The Balaban J connectivity index is 2.26. The van der Waals surface area contributed by atoms with Crippen LogP contribution in [-0.4, -0.2) is 23.9 Å². The summed E-state index contributed by atoms with van der Waals surface area (Å²) in [5.41, 5.74) is -1.39. The molecule has 3 heteroatoms. The van der Waals surface area contributed by atoms with Gasteiger partial charge in [-0.3, -0.25) is 0 Å². The van der Waals surface area contributed by atoms with E-state index in [9.17, 15) is 10.4 Å². The number of hydrogen-bond acceptors (Lipinski definition) is 3. The number of nitrogens with zero attached hydrogens (tertiary/aromatic N) is 1. The number of ether oxygens (including phenoxy) is 1. The van der Waals surface area contributed by atoms with Crippen molar-refractivity contribution in [2.45, 2.75) is 51.6 Å². The molecule has 1 saturated carbocycles. The minimum absolute atomic E-state index is 0.212. The molecule has 3 unspecified atom stereocenters. The highest BCUT2D eigenvalue weighted by molar-refractivity contribution is 5.15. The second-order valence-corrected chi connectivity index (χ2v) is 6.01. The first-order valence-corrected chi connectivity index (χ1v) is 6.75. The number of hydrogen-bond donors (Lipinski definition) is 1. The zero-order valence-electron chi connectivity index (χ0n) is 10.9. The molecule has 3 atom stereocenters. The van der Waals surface area contributed by atoms with Crippen LogP contribution in [0.1, 0.15) is 46.0 Å². The van der Waals surface area contributed by atoms with Crippen molar-refractivity contribution >= 4 is 0 Å². The van der Waals surface area contributed by atoms with Crippen LogP contribution >= 0.6 is 0 Å². The smallest absolute Gasteiger partial charge is 0.0906 e. The fourth-order valence-electron chi connectivity index (χ4n) is 3.70. The third-order valence-corrected chi connectivity index (χ3v) is 4.98. The molecule has 0 spiro atoms. The largest absolute Gasteiger partial charge is 0.388 e. The van der Waals surface area contributed by atoms with Crippen molar-refractivity contribution in [2.24, 2.45) is 17.3 Å². The molecule has 1 N–H and O–H groups in total. The third-order valence-electron chi connectivity index (χ3n) is 4.98. The molecular formula is C14H23NO2. The maximum atomic E-state index is 11.1.